The van der Waals surface area contributed by atoms with Crippen LogP contribution in [-0.4, -0.2) is 38.2 Å². The molecule has 0 saturated heterocycles. The minimum Gasteiger partial charge on any atom is -0.458 e. The topological polar surface area (TPSA) is 55.8 Å². The normalized spacial score (nSPS) is 22.7. The van der Waals surface area contributed by atoms with E-state index in [9.17, 15) is 9.90 Å². The summed E-state index contributed by atoms with van der Waals surface area (Å²) in [6.45, 7) is 15.2. The summed E-state index contributed by atoms with van der Waals surface area (Å²) in [5.74, 6) is -0.358. The summed E-state index contributed by atoms with van der Waals surface area (Å²) < 4.78 is 11.8. The molecule has 0 bridgehead atoms. The maximum absolute atomic E-state index is 12.1. The first kappa shape index (κ1) is 21.6. The van der Waals surface area contributed by atoms with Gasteiger partial charge in [-0.1, -0.05) is 45.5 Å². The highest BCUT2D eigenvalue weighted by Gasteiger charge is 2.40. The Morgan fingerprint density at radius 1 is 1.30 bits per heavy atom. The molecule has 0 aromatic heterocycles. The van der Waals surface area contributed by atoms with E-state index in [1.165, 1.54) is 0 Å². The third kappa shape index (κ3) is 5.64. The molecule has 0 radical (unpaired) electrons. The summed E-state index contributed by atoms with van der Waals surface area (Å²) in [7, 11) is -1.92. The molecule has 1 fully saturated rings. The Labute approximate surface area is 164 Å². The van der Waals surface area contributed by atoms with Crippen molar-refractivity contribution in [3.63, 3.8) is 0 Å². The quantitative estimate of drug-likeness (QED) is 0.577. The molecule has 1 saturated carbocycles. The zero-order chi connectivity index (χ0) is 20.2. The van der Waals surface area contributed by atoms with Gasteiger partial charge in [-0.3, -0.25) is 0 Å². The van der Waals surface area contributed by atoms with Gasteiger partial charge in [0.05, 0.1) is 17.8 Å². The van der Waals surface area contributed by atoms with Gasteiger partial charge in [0.1, 0.15) is 6.61 Å². The Bertz CT molecular complexity index is 701. The maximum atomic E-state index is 12.1. The van der Waals surface area contributed by atoms with Crippen LogP contribution in [0.4, 0.5) is 0 Å². The Kier molecular flexibility index (Phi) is 6.84. The highest BCUT2D eigenvalue weighted by atomic mass is 28.4. The number of hydrogen-bond acceptors (Lipinski definition) is 4. The van der Waals surface area contributed by atoms with Crippen molar-refractivity contribution in [3.8, 4) is 0 Å². The van der Waals surface area contributed by atoms with E-state index in [0.29, 0.717) is 24.0 Å². The van der Waals surface area contributed by atoms with Crippen LogP contribution in [0.3, 0.4) is 0 Å². The van der Waals surface area contributed by atoms with E-state index in [0.717, 1.165) is 5.57 Å². The minimum absolute atomic E-state index is 0.0394. The Morgan fingerprint density at radius 2 is 1.93 bits per heavy atom. The average molecular weight is 389 g/mol. The number of esters is 1. The number of carbonyl (C=O) groups is 1. The van der Waals surface area contributed by atoms with Gasteiger partial charge < -0.3 is 14.3 Å². The first-order valence-corrected chi connectivity index (χ1v) is 12.4. The summed E-state index contributed by atoms with van der Waals surface area (Å²) in [6.07, 6.45) is 2.43. The molecule has 1 aliphatic rings. The summed E-state index contributed by atoms with van der Waals surface area (Å²) in [5, 5.41) is 10.5. The zero-order valence-corrected chi connectivity index (χ0v) is 18.1. The van der Waals surface area contributed by atoms with E-state index in [2.05, 4.69) is 40.4 Å². The first-order chi connectivity index (χ1) is 12.5. The first-order valence-electron chi connectivity index (χ1n) is 9.47. The SMILES string of the molecule is C=C1/C(=C/COC(=O)c2ccccc2)C[C@@H](O[Si](C)(C)C(C)(C)C)C[C@@H]1O. The van der Waals surface area contributed by atoms with E-state index in [4.69, 9.17) is 9.16 Å². The molecule has 0 unspecified atom stereocenters. The van der Waals surface area contributed by atoms with Gasteiger partial charge in [0, 0.05) is 6.42 Å². The van der Waals surface area contributed by atoms with E-state index < -0.39 is 14.4 Å². The van der Waals surface area contributed by atoms with Crippen LogP contribution in [0.5, 0.6) is 0 Å². The Balaban J connectivity index is 2.01. The second-order valence-corrected chi connectivity index (χ2v) is 13.4. The lowest BCUT2D eigenvalue weighted by Crippen LogP contribution is -2.46. The molecule has 2 rings (SSSR count). The van der Waals surface area contributed by atoms with Crippen LogP contribution in [0.1, 0.15) is 44.0 Å². The van der Waals surface area contributed by atoms with Crippen molar-refractivity contribution in [2.24, 2.45) is 0 Å². The predicted octanol–water partition coefficient (Wildman–Crippen LogP) is 4.87. The van der Waals surface area contributed by atoms with Crippen LogP contribution in [0.15, 0.2) is 54.1 Å². The van der Waals surface area contributed by atoms with E-state index in [1.807, 2.05) is 12.1 Å². The van der Waals surface area contributed by atoms with Gasteiger partial charge in [-0.05, 0) is 53.9 Å². The number of hydrogen-bond donors (Lipinski definition) is 1. The molecule has 1 aliphatic carbocycles. The van der Waals surface area contributed by atoms with Crippen LogP contribution in [0.25, 0.3) is 0 Å². The van der Waals surface area contributed by atoms with Crippen LogP contribution >= 0.6 is 0 Å². The molecule has 1 N–H and O–H groups in total. The number of ether oxygens (including phenoxy) is 1. The molecule has 2 atom stereocenters. The molecular formula is C22H32O4Si. The van der Waals surface area contributed by atoms with Crippen molar-refractivity contribution in [2.75, 3.05) is 6.61 Å². The van der Waals surface area contributed by atoms with Crippen LogP contribution in [0, 0.1) is 0 Å². The molecule has 27 heavy (non-hydrogen) atoms. The van der Waals surface area contributed by atoms with Crippen molar-refractivity contribution in [1.29, 1.82) is 0 Å². The lowest BCUT2D eigenvalue weighted by molar-refractivity contribution is 0.0547. The summed E-state index contributed by atoms with van der Waals surface area (Å²) in [6, 6.07) is 8.91. The molecule has 148 valence electrons. The lowest BCUT2D eigenvalue weighted by atomic mass is 9.86. The van der Waals surface area contributed by atoms with Crippen LogP contribution in [-0.2, 0) is 9.16 Å². The van der Waals surface area contributed by atoms with Crippen LogP contribution in [0.2, 0.25) is 18.1 Å². The number of aliphatic hydroxyl groups excluding tert-OH is 1. The van der Waals surface area contributed by atoms with Gasteiger partial charge in [0.2, 0.25) is 0 Å². The van der Waals surface area contributed by atoms with Gasteiger partial charge in [0.15, 0.2) is 8.32 Å². The highest BCUT2D eigenvalue weighted by Crippen LogP contribution is 2.40. The largest absolute Gasteiger partial charge is 0.458 e. The molecule has 0 heterocycles. The molecule has 5 heteroatoms. The average Bonchev–Trinajstić information content (AvgIpc) is 2.58. The van der Waals surface area contributed by atoms with Crippen LogP contribution < -0.4 is 0 Å². The highest BCUT2D eigenvalue weighted by molar-refractivity contribution is 6.74. The summed E-state index contributed by atoms with van der Waals surface area (Å²) in [4.78, 5) is 12.1. The van der Waals surface area contributed by atoms with Gasteiger partial charge >= 0.3 is 5.97 Å². The van der Waals surface area contributed by atoms with Gasteiger partial charge in [-0.15, -0.1) is 0 Å². The predicted molar refractivity (Wildman–Crippen MR) is 111 cm³/mol. The Morgan fingerprint density at radius 3 is 2.52 bits per heavy atom. The van der Waals surface area contributed by atoms with Crippen molar-refractivity contribution in [1.82, 2.24) is 0 Å². The lowest BCUT2D eigenvalue weighted by Gasteiger charge is -2.41. The van der Waals surface area contributed by atoms with E-state index >= 15 is 0 Å². The van der Waals surface area contributed by atoms with Crippen molar-refractivity contribution < 1.29 is 19.1 Å². The number of aliphatic hydroxyl groups is 1. The Hall–Kier alpha value is -1.69. The van der Waals surface area contributed by atoms with E-state index in [-0.39, 0.29) is 23.7 Å². The van der Waals surface area contributed by atoms with Gasteiger partial charge in [-0.25, -0.2) is 4.79 Å². The maximum Gasteiger partial charge on any atom is 0.338 e. The van der Waals surface area contributed by atoms with Gasteiger partial charge in [-0.2, -0.15) is 0 Å². The zero-order valence-electron chi connectivity index (χ0n) is 17.1. The molecular weight excluding hydrogens is 356 g/mol. The fraction of sp³-hybridized carbons (Fsp3) is 0.500. The fourth-order valence-electron chi connectivity index (χ4n) is 2.84. The standard InChI is InChI=1S/C22H32O4Si/c1-16-18(12-13-25-21(24)17-10-8-7-9-11-17)14-19(15-20(16)23)26-27(5,6)22(2,3)4/h7-12,19-20,23H,1,13-15H2,2-6H3/b18-12+/t19-,20+/m1/s1. The molecule has 1 aromatic carbocycles. The molecule has 4 nitrogen and oxygen atoms in total. The second-order valence-electron chi connectivity index (χ2n) is 8.67. The number of rotatable bonds is 5. The molecule has 0 aliphatic heterocycles. The van der Waals surface area contributed by atoms with Crippen molar-refractivity contribution in [3.05, 3.63) is 59.7 Å². The smallest absolute Gasteiger partial charge is 0.338 e. The second kappa shape index (κ2) is 8.55. The summed E-state index contributed by atoms with van der Waals surface area (Å²) in [5.41, 5.74) is 2.14. The monoisotopic (exact) mass is 388 g/mol. The minimum atomic E-state index is -1.92. The summed E-state index contributed by atoms with van der Waals surface area (Å²) >= 11 is 0. The number of carbonyl (C=O) groups excluding carboxylic acids is 1. The third-order valence-electron chi connectivity index (χ3n) is 5.57. The molecule has 0 amide bonds. The fourth-order valence-corrected chi connectivity index (χ4v) is 4.20. The molecule has 1 aromatic rings. The van der Waals surface area contributed by atoms with Gasteiger partial charge in [0.25, 0.3) is 0 Å². The van der Waals surface area contributed by atoms with E-state index in [1.54, 1.807) is 24.3 Å². The number of benzene rings is 1. The van der Waals surface area contributed by atoms with Crippen molar-refractivity contribution >= 4 is 14.3 Å². The molecule has 0 spiro atoms. The third-order valence-corrected chi connectivity index (χ3v) is 10.1. The van der Waals surface area contributed by atoms with Crippen molar-refractivity contribution in [2.45, 2.75) is 64.0 Å².